The highest BCUT2D eigenvalue weighted by Gasteiger charge is 2.13. The molecular formula is C30H22BN5O2. The van der Waals surface area contributed by atoms with E-state index in [2.05, 4.69) is 20.7 Å². The molecule has 0 aliphatic heterocycles. The monoisotopic (exact) mass is 495 g/mol. The molecule has 182 valence electrons. The maximum absolute atomic E-state index is 12.9. The lowest BCUT2D eigenvalue weighted by molar-refractivity contribution is 0.102. The van der Waals surface area contributed by atoms with Crippen molar-refractivity contribution >= 4 is 47.1 Å². The molecule has 0 saturated carbocycles. The highest BCUT2D eigenvalue weighted by atomic mass is 16.3. The van der Waals surface area contributed by atoms with Gasteiger partial charge >= 0.3 is 0 Å². The number of phenols is 1. The van der Waals surface area contributed by atoms with Crippen LogP contribution in [0.3, 0.4) is 0 Å². The van der Waals surface area contributed by atoms with Gasteiger partial charge in [-0.05, 0) is 58.2 Å². The van der Waals surface area contributed by atoms with E-state index in [0.29, 0.717) is 46.0 Å². The van der Waals surface area contributed by atoms with Crippen molar-refractivity contribution in [3.05, 3.63) is 114 Å². The van der Waals surface area contributed by atoms with Crippen molar-refractivity contribution in [1.29, 1.82) is 0 Å². The average Bonchev–Trinajstić information content (AvgIpc) is 3.32. The number of aromatic hydroxyl groups is 1. The van der Waals surface area contributed by atoms with Crippen molar-refractivity contribution in [2.75, 3.05) is 10.6 Å². The van der Waals surface area contributed by atoms with Gasteiger partial charge in [-0.3, -0.25) is 4.79 Å². The smallest absolute Gasteiger partial charge is 0.255 e. The third-order valence-electron chi connectivity index (χ3n) is 6.35. The van der Waals surface area contributed by atoms with Crippen LogP contribution in [0.5, 0.6) is 5.75 Å². The van der Waals surface area contributed by atoms with Crippen LogP contribution in [-0.4, -0.2) is 33.5 Å². The zero-order valence-electron chi connectivity index (χ0n) is 20.3. The molecule has 0 atom stereocenters. The number of para-hydroxylation sites is 1. The minimum atomic E-state index is -0.170. The SMILES string of the molecule is [B]c1cnn2c(NCc3cccc(NC(=O)c4ccc5ccccc5c4)c3)cc(-c3ccccc3O)nc12. The van der Waals surface area contributed by atoms with Crippen LogP contribution in [0.15, 0.2) is 103 Å². The number of fused-ring (bicyclic) bond motifs is 2. The fourth-order valence-electron chi connectivity index (χ4n) is 4.42. The Morgan fingerprint density at radius 2 is 1.71 bits per heavy atom. The van der Waals surface area contributed by atoms with Gasteiger partial charge in [-0.15, -0.1) is 0 Å². The second-order valence-corrected chi connectivity index (χ2v) is 8.95. The van der Waals surface area contributed by atoms with Gasteiger partial charge in [-0.2, -0.15) is 9.61 Å². The van der Waals surface area contributed by atoms with Gasteiger partial charge in [-0.25, -0.2) is 4.98 Å². The van der Waals surface area contributed by atoms with Gasteiger partial charge in [0.05, 0.1) is 5.69 Å². The Balaban J connectivity index is 1.23. The second kappa shape index (κ2) is 9.74. The molecule has 0 saturated heterocycles. The summed E-state index contributed by atoms with van der Waals surface area (Å²) in [6.45, 7) is 0.457. The molecule has 1 amide bonds. The minimum Gasteiger partial charge on any atom is -0.507 e. The summed E-state index contributed by atoms with van der Waals surface area (Å²) in [5.41, 5.74) is 4.34. The van der Waals surface area contributed by atoms with Crippen LogP contribution in [0.25, 0.3) is 27.7 Å². The van der Waals surface area contributed by atoms with E-state index in [-0.39, 0.29) is 11.7 Å². The zero-order valence-corrected chi connectivity index (χ0v) is 20.3. The quantitative estimate of drug-likeness (QED) is 0.286. The topological polar surface area (TPSA) is 91.5 Å². The molecule has 2 radical (unpaired) electrons. The van der Waals surface area contributed by atoms with E-state index in [1.807, 2.05) is 78.9 Å². The van der Waals surface area contributed by atoms with Crippen LogP contribution in [0, 0.1) is 0 Å². The van der Waals surface area contributed by atoms with Gasteiger partial charge in [0, 0.05) is 35.6 Å². The fraction of sp³-hybridized carbons (Fsp3) is 0.0333. The molecule has 7 nitrogen and oxygen atoms in total. The van der Waals surface area contributed by atoms with Crippen LogP contribution < -0.4 is 16.1 Å². The summed E-state index contributed by atoms with van der Waals surface area (Å²) in [6, 6.07) is 30.1. The normalized spacial score (nSPS) is 11.1. The Morgan fingerprint density at radius 1 is 0.895 bits per heavy atom. The number of carbonyl (C=O) groups excluding carboxylic acids is 1. The van der Waals surface area contributed by atoms with Crippen molar-refractivity contribution in [2.24, 2.45) is 0 Å². The van der Waals surface area contributed by atoms with Crippen molar-refractivity contribution in [3.63, 3.8) is 0 Å². The molecule has 6 rings (SSSR count). The number of nitrogens with one attached hydrogen (secondary N) is 2. The van der Waals surface area contributed by atoms with E-state index >= 15 is 0 Å². The van der Waals surface area contributed by atoms with E-state index in [9.17, 15) is 9.90 Å². The molecule has 0 bridgehead atoms. The van der Waals surface area contributed by atoms with E-state index in [0.717, 1.165) is 16.3 Å². The molecule has 2 heterocycles. The number of rotatable bonds is 6. The first-order valence-corrected chi connectivity index (χ1v) is 12.1. The maximum Gasteiger partial charge on any atom is 0.255 e. The summed E-state index contributed by atoms with van der Waals surface area (Å²) in [6.07, 6.45) is 1.55. The van der Waals surface area contributed by atoms with Crippen molar-refractivity contribution < 1.29 is 9.90 Å². The first-order valence-electron chi connectivity index (χ1n) is 12.1. The summed E-state index contributed by atoms with van der Waals surface area (Å²) in [4.78, 5) is 17.5. The van der Waals surface area contributed by atoms with Crippen LogP contribution in [0.1, 0.15) is 15.9 Å². The molecule has 0 fully saturated rings. The number of carbonyl (C=O) groups is 1. The van der Waals surface area contributed by atoms with E-state index < -0.39 is 0 Å². The van der Waals surface area contributed by atoms with Crippen molar-refractivity contribution in [3.8, 4) is 17.0 Å². The number of anilines is 2. The number of hydrogen-bond donors (Lipinski definition) is 3. The standard InChI is InChI=1S/C30H22BN5O2/c31-25-18-33-36-28(16-26(35-29(25)36)24-10-3-4-11-27(24)37)32-17-19-6-5-9-23(14-19)34-30(38)22-13-12-20-7-1-2-8-21(20)15-22/h1-16,18,32,37H,17H2,(H,34,38). The number of nitrogens with zero attached hydrogens (tertiary/aromatic N) is 3. The van der Waals surface area contributed by atoms with Crippen LogP contribution in [-0.2, 0) is 6.54 Å². The summed E-state index contributed by atoms with van der Waals surface area (Å²) < 4.78 is 1.63. The maximum atomic E-state index is 12.9. The van der Waals surface area contributed by atoms with E-state index in [4.69, 9.17) is 7.85 Å². The van der Waals surface area contributed by atoms with Gasteiger partial charge in [0.25, 0.3) is 5.91 Å². The number of benzene rings is 4. The summed E-state index contributed by atoms with van der Waals surface area (Å²) in [5.74, 6) is 0.620. The molecule has 2 aromatic heterocycles. The molecular weight excluding hydrogens is 473 g/mol. The Hall–Kier alpha value is -5.11. The van der Waals surface area contributed by atoms with Crippen LogP contribution in [0.2, 0.25) is 0 Å². The molecule has 38 heavy (non-hydrogen) atoms. The fourth-order valence-corrected chi connectivity index (χ4v) is 4.42. The van der Waals surface area contributed by atoms with E-state index in [1.54, 1.807) is 28.9 Å². The first-order chi connectivity index (χ1) is 18.5. The minimum absolute atomic E-state index is 0.128. The summed E-state index contributed by atoms with van der Waals surface area (Å²) in [7, 11) is 6.11. The third-order valence-corrected chi connectivity index (χ3v) is 6.35. The molecule has 4 aromatic carbocycles. The lowest BCUT2D eigenvalue weighted by atomic mass is 10.0. The predicted octanol–water partition coefficient (Wildman–Crippen LogP) is 4.91. The lowest BCUT2D eigenvalue weighted by Gasteiger charge is -2.13. The first kappa shape index (κ1) is 23.3. The number of hydrogen-bond acceptors (Lipinski definition) is 5. The highest BCUT2D eigenvalue weighted by Crippen LogP contribution is 2.29. The molecule has 6 aromatic rings. The van der Waals surface area contributed by atoms with Crippen LogP contribution in [0.4, 0.5) is 11.5 Å². The van der Waals surface area contributed by atoms with E-state index in [1.165, 1.54) is 0 Å². The van der Waals surface area contributed by atoms with Gasteiger partial charge < -0.3 is 15.7 Å². The molecule has 3 N–H and O–H groups in total. The average molecular weight is 495 g/mol. The van der Waals surface area contributed by atoms with Crippen molar-refractivity contribution in [1.82, 2.24) is 14.6 Å². The van der Waals surface area contributed by atoms with Gasteiger partial charge in [0.15, 0.2) is 5.65 Å². The lowest BCUT2D eigenvalue weighted by Crippen LogP contribution is -2.12. The van der Waals surface area contributed by atoms with Gasteiger partial charge in [0.2, 0.25) is 0 Å². The largest absolute Gasteiger partial charge is 0.507 e. The Kier molecular flexibility index (Phi) is 5.98. The zero-order chi connectivity index (χ0) is 26.1. The molecule has 0 spiro atoms. The third kappa shape index (κ3) is 4.55. The van der Waals surface area contributed by atoms with Gasteiger partial charge in [0.1, 0.15) is 19.4 Å². The predicted molar refractivity (Wildman–Crippen MR) is 151 cm³/mol. The highest BCUT2D eigenvalue weighted by molar-refractivity contribution is 6.36. The molecule has 0 unspecified atom stereocenters. The Morgan fingerprint density at radius 3 is 2.58 bits per heavy atom. The van der Waals surface area contributed by atoms with Crippen molar-refractivity contribution in [2.45, 2.75) is 6.54 Å². The second-order valence-electron chi connectivity index (χ2n) is 8.95. The van der Waals surface area contributed by atoms with Crippen LogP contribution >= 0.6 is 0 Å². The van der Waals surface area contributed by atoms with Gasteiger partial charge in [-0.1, -0.05) is 54.6 Å². The summed E-state index contributed by atoms with van der Waals surface area (Å²) >= 11 is 0. The Bertz CT molecular complexity index is 1810. The molecule has 0 aliphatic carbocycles. The molecule has 0 aliphatic rings. The summed E-state index contributed by atoms with van der Waals surface area (Å²) in [5, 5.41) is 23.2. The number of amides is 1. The molecule has 8 heteroatoms. The number of aromatic nitrogens is 3. The number of phenolic OH excluding ortho intramolecular Hbond substituents is 1. The Labute approximate surface area is 220 Å².